The van der Waals surface area contributed by atoms with Crippen molar-refractivity contribution in [3.05, 3.63) is 42.5 Å². The number of aliphatic carboxylic acids is 1. The number of carbonyl (C=O) groups is 2. The second-order valence-corrected chi connectivity index (χ2v) is 4.81. The highest BCUT2D eigenvalue weighted by molar-refractivity contribution is 5.89. The Labute approximate surface area is 117 Å². The highest BCUT2D eigenvalue weighted by Gasteiger charge is 2.37. The van der Waals surface area contributed by atoms with Crippen LogP contribution in [0.2, 0.25) is 0 Å². The summed E-state index contributed by atoms with van der Waals surface area (Å²) in [5, 5.41) is 12.0. The van der Waals surface area contributed by atoms with Crippen LogP contribution in [0.15, 0.2) is 36.9 Å². The zero-order valence-corrected chi connectivity index (χ0v) is 11.4. The largest absolute Gasteiger partial charge is 0.481 e. The van der Waals surface area contributed by atoms with Gasteiger partial charge >= 0.3 is 5.97 Å². The third-order valence-electron chi connectivity index (χ3n) is 3.57. The zero-order chi connectivity index (χ0) is 14.7. The molecule has 106 valence electrons. The molecule has 0 aromatic heterocycles. The maximum atomic E-state index is 12.0. The molecule has 1 aromatic carbocycles. The first-order valence-corrected chi connectivity index (χ1v) is 6.53. The first kappa shape index (κ1) is 14.1. The Bertz CT molecular complexity index is 542. The summed E-state index contributed by atoms with van der Waals surface area (Å²) < 4.78 is 0. The van der Waals surface area contributed by atoms with Crippen LogP contribution in [0.5, 0.6) is 0 Å². The second kappa shape index (κ2) is 5.77. The van der Waals surface area contributed by atoms with Crippen LogP contribution in [0.1, 0.15) is 18.4 Å². The molecule has 5 nitrogen and oxygen atoms in total. The number of hydrogen-bond acceptors (Lipinski definition) is 3. The van der Waals surface area contributed by atoms with Gasteiger partial charge in [-0.2, -0.15) is 0 Å². The third-order valence-corrected chi connectivity index (χ3v) is 3.57. The number of carboxylic acid groups (broad SMARTS) is 1. The van der Waals surface area contributed by atoms with Gasteiger partial charge in [0.25, 0.3) is 0 Å². The first-order chi connectivity index (χ1) is 9.56. The molecule has 2 N–H and O–H groups in total. The van der Waals surface area contributed by atoms with Gasteiger partial charge in [-0.3, -0.25) is 9.59 Å². The van der Waals surface area contributed by atoms with E-state index in [1.54, 1.807) is 13.0 Å². The molecule has 1 aliphatic rings. The number of rotatable bonds is 5. The number of benzene rings is 1. The minimum absolute atomic E-state index is 0.134. The van der Waals surface area contributed by atoms with E-state index in [0.29, 0.717) is 13.1 Å². The molecular formula is C15H18N2O3. The topological polar surface area (TPSA) is 69.6 Å². The van der Waals surface area contributed by atoms with E-state index < -0.39 is 17.9 Å². The summed E-state index contributed by atoms with van der Waals surface area (Å²) in [6.45, 7) is 6.05. The number of para-hydroxylation sites is 1. The standard InChI is InChI=1S/C15H18N2O3/c1-3-8-16-14(18)10(2)17-9-12(15(19)20)11-6-4-5-7-13(11)17/h3-7,10,12H,1,8-9H2,2H3,(H,16,18)(H,19,20). The van der Waals surface area contributed by atoms with E-state index in [0.717, 1.165) is 11.3 Å². The molecule has 2 unspecified atom stereocenters. The van der Waals surface area contributed by atoms with Gasteiger partial charge in [-0.15, -0.1) is 6.58 Å². The van der Waals surface area contributed by atoms with E-state index in [9.17, 15) is 14.7 Å². The normalized spacial score (nSPS) is 18.2. The van der Waals surface area contributed by atoms with E-state index in [1.807, 2.05) is 29.2 Å². The van der Waals surface area contributed by atoms with Gasteiger partial charge in [0.1, 0.15) is 12.0 Å². The van der Waals surface area contributed by atoms with E-state index in [4.69, 9.17) is 0 Å². The highest BCUT2D eigenvalue weighted by Crippen LogP contribution is 2.37. The van der Waals surface area contributed by atoms with Crippen molar-refractivity contribution in [2.75, 3.05) is 18.0 Å². The van der Waals surface area contributed by atoms with Crippen LogP contribution < -0.4 is 10.2 Å². The van der Waals surface area contributed by atoms with Crippen molar-refractivity contribution in [3.8, 4) is 0 Å². The Hall–Kier alpha value is -2.30. The van der Waals surface area contributed by atoms with Gasteiger partial charge in [-0.25, -0.2) is 0 Å². The van der Waals surface area contributed by atoms with Gasteiger partial charge in [0.2, 0.25) is 5.91 Å². The second-order valence-electron chi connectivity index (χ2n) is 4.81. The molecule has 0 radical (unpaired) electrons. The van der Waals surface area contributed by atoms with Crippen molar-refractivity contribution in [2.24, 2.45) is 0 Å². The predicted octanol–water partition coefficient (Wildman–Crippen LogP) is 1.37. The third kappa shape index (κ3) is 2.52. The lowest BCUT2D eigenvalue weighted by Gasteiger charge is -2.26. The van der Waals surface area contributed by atoms with Crippen LogP contribution >= 0.6 is 0 Å². The predicted molar refractivity (Wildman–Crippen MR) is 76.8 cm³/mol. The molecule has 0 saturated carbocycles. The molecule has 0 bridgehead atoms. The van der Waals surface area contributed by atoms with Gasteiger partial charge in [0.05, 0.1) is 0 Å². The lowest BCUT2D eigenvalue weighted by Crippen LogP contribution is -2.45. The molecule has 0 saturated heterocycles. The van der Waals surface area contributed by atoms with Gasteiger partial charge in [0, 0.05) is 18.8 Å². The minimum atomic E-state index is -0.862. The molecule has 0 fully saturated rings. The van der Waals surface area contributed by atoms with Crippen LogP contribution in [0, 0.1) is 0 Å². The molecule has 2 atom stereocenters. The number of nitrogens with zero attached hydrogens (tertiary/aromatic N) is 1. The number of hydrogen-bond donors (Lipinski definition) is 2. The summed E-state index contributed by atoms with van der Waals surface area (Å²) in [6.07, 6.45) is 1.61. The van der Waals surface area contributed by atoms with E-state index in [1.165, 1.54) is 0 Å². The molecule has 5 heteroatoms. The van der Waals surface area contributed by atoms with Crippen molar-refractivity contribution in [1.82, 2.24) is 5.32 Å². The maximum Gasteiger partial charge on any atom is 0.312 e. The summed E-state index contributed by atoms with van der Waals surface area (Å²) in [5.74, 6) is -1.58. The van der Waals surface area contributed by atoms with Crippen molar-refractivity contribution in [3.63, 3.8) is 0 Å². The smallest absolute Gasteiger partial charge is 0.312 e. The Morgan fingerprint density at radius 3 is 2.90 bits per heavy atom. The van der Waals surface area contributed by atoms with Crippen LogP contribution in [-0.2, 0) is 9.59 Å². The monoisotopic (exact) mass is 274 g/mol. The Kier molecular flexibility index (Phi) is 4.08. The molecule has 0 spiro atoms. The fraction of sp³-hybridized carbons (Fsp3) is 0.333. The summed E-state index contributed by atoms with van der Waals surface area (Å²) in [5.41, 5.74) is 1.59. The van der Waals surface area contributed by atoms with Gasteiger partial charge < -0.3 is 15.3 Å². The minimum Gasteiger partial charge on any atom is -0.481 e. The Morgan fingerprint density at radius 1 is 1.55 bits per heavy atom. The molecule has 2 rings (SSSR count). The fourth-order valence-corrected chi connectivity index (χ4v) is 2.48. The number of nitrogens with one attached hydrogen (secondary N) is 1. The number of anilines is 1. The molecule has 1 heterocycles. The van der Waals surface area contributed by atoms with Crippen LogP contribution in [0.4, 0.5) is 5.69 Å². The van der Waals surface area contributed by atoms with Crippen molar-refractivity contribution >= 4 is 17.6 Å². The van der Waals surface area contributed by atoms with Crippen molar-refractivity contribution in [1.29, 1.82) is 0 Å². The first-order valence-electron chi connectivity index (χ1n) is 6.53. The van der Waals surface area contributed by atoms with Gasteiger partial charge in [-0.1, -0.05) is 24.3 Å². The number of amides is 1. The zero-order valence-electron chi connectivity index (χ0n) is 11.4. The molecular weight excluding hydrogens is 256 g/mol. The van der Waals surface area contributed by atoms with E-state index in [2.05, 4.69) is 11.9 Å². The average Bonchev–Trinajstić information content (AvgIpc) is 2.83. The molecule has 1 aliphatic heterocycles. The van der Waals surface area contributed by atoms with E-state index in [-0.39, 0.29) is 5.91 Å². The summed E-state index contributed by atoms with van der Waals surface area (Å²) in [4.78, 5) is 25.2. The number of carbonyl (C=O) groups excluding carboxylic acids is 1. The lowest BCUT2D eigenvalue weighted by molar-refractivity contribution is -0.138. The lowest BCUT2D eigenvalue weighted by atomic mass is 10.0. The number of carboxylic acids is 1. The SMILES string of the molecule is C=CCNC(=O)C(C)N1CC(C(=O)O)c2ccccc21. The van der Waals surface area contributed by atoms with E-state index >= 15 is 0 Å². The van der Waals surface area contributed by atoms with Crippen molar-refractivity contribution in [2.45, 2.75) is 18.9 Å². The van der Waals surface area contributed by atoms with Crippen LogP contribution in [0.3, 0.4) is 0 Å². The molecule has 20 heavy (non-hydrogen) atoms. The Morgan fingerprint density at radius 2 is 2.25 bits per heavy atom. The number of fused-ring (bicyclic) bond motifs is 1. The van der Waals surface area contributed by atoms with Crippen LogP contribution in [0.25, 0.3) is 0 Å². The highest BCUT2D eigenvalue weighted by atomic mass is 16.4. The van der Waals surface area contributed by atoms with Gasteiger partial charge in [0.15, 0.2) is 0 Å². The quantitative estimate of drug-likeness (QED) is 0.796. The van der Waals surface area contributed by atoms with Crippen LogP contribution in [-0.4, -0.2) is 36.1 Å². The molecule has 0 aliphatic carbocycles. The summed E-state index contributed by atoms with van der Waals surface area (Å²) >= 11 is 0. The summed E-state index contributed by atoms with van der Waals surface area (Å²) in [7, 11) is 0. The maximum absolute atomic E-state index is 12.0. The van der Waals surface area contributed by atoms with Crippen molar-refractivity contribution < 1.29 is 14.7 Å². The fourth-order valence-electron chi connectivity index (χ4n) is 2.48. The molecule has 1 aromatic rings. The van der Waals surface area contributed by atoms with Gasteiger partial charge in [-0.05, 0) is 18.6 Å². The molecule has 1 amide bonds. The average molecular weight is 274 g/mol. The summed E-state index contributed by atoms with van der Waals surface area (Å²) in [6, 6.07) is 6.92. The Balaban J connectivity index is 2.24.